The predicted molar refractivity (Wildman–Crippen MR) is 86.0 cm³/mol. The first-order chi connectivity index (χ1) is 9.59. The van der Waals surface area contributed by atoms with Crippen LogP contribution in [0.15, 0.2) is 24.3 Å². The van der Waals surface area contributed by atoms with Crippen molar-refractivity contribution in [1.82, 2.24) is 5.32 Å². The summed E-state index contributed by atoms with van der Waals surface area (Å²) in [5.74, 6) is 2.50. The average molecular weight is 271 g/mol. The largest absolute Gasteiger partial charge is 0.316 e. The Morgan fingerprint density at radius 3 is 2.60 bits per heavy atom. The molecule has 1 aliphatic carbocycles. The molecule has 110 valence electrons. The van der Waals surface area contributed by atoms with Gasteiger partial charge < -0.3 is 5.32 Å². The van der Waals surface area contributed by atoms with Crippen LogP contribution in [0.5, 0.6) is 0 Å². The molecule has 1 heteroatoms. The predicted octanol–water partition coefficient (Wildman–Crippen LogP) is 4.51. The fraction of sp³-hybridized carbons (Fsp3) is 0.684. The van der Waals surface area contributed by atoms with Gasteiger partial charge in [-0.1, -0.05) is 43.7 Å². The van der Waals surface area contributed by atoms with Crippen LogP contribution in [0.1, 0.15) is 56.6 Å². The Balaban J connectivity index is 1.94. The zero-order valence-electron chi connectivity index (χ0n) is 13.3. The van der Waals surface area contributed by atoms with Gasteiger partial charge in [-0.25, -0.2) is 0 Å². The van der Waals surface area contributed by atoms with E-state index in [2.05, 4.69) is 50.4 Å². The van der Waals surface area contributed by atoms with Gasteiger partial charge in [-0.2, -0.15) is 0 Å². The molecule has 1 aromatic rings. The molecule has 3 atom stereocenters. The molecule has 2 aliphatic rings. The lowest BCUT2D eigenvalue weighted by molar-refractivity contribution is 0.0472. The van der Waals surface area contributed by atoms with E-state index < -0.39 is 0 Å². The molecule has 1 aliphatic heterocycles. The molecule has 1 saturated heterocycles. The molecule has 0 radical (unpaired) electrons. The van der Waals surface area contributed by atoms with E-state index in [1.807, 2.05) is 0 Å². The standard InChI is InChI=1S/C19H29N/c1-14-5-4-6-17(10-14)18-13-20-8-7-19(18)11-15(2)9-16(3)12-19/h4-6,10,15-16,18,20H,7-9,11-13H2,1-3H3. The van der Waals surface area contributed by atoms with E-state index in [-0.39, 0.29) is 0 Å². The second-order valence-corrected chi connectivity index (χ2v) is 7.64. The third kappa shape index (κ3) is 2.65. The van der Waals surface area contributed by atoms with E-state index in [1.165, 1.54) is 44.3 Å². The minimum atomic E-state index is 0.552. The molecule has 20 heavy (non-hydrogen) atoms. The normalized spacial score (nSPS) is 38.0. The topological polar surface area (TPSA) is 12.0 Å². The van der Waals surface area contributed by atoms with E-state index in [0.717, 1.165) is 11.8 Å². The highest BCUT2D eigenvalue weighted by atomic mass is 14.9. The van der Waals surface area contributed by atoms with E-state index in [4.69, 9.17) is 0 Å². The highest BCUT2D eigenvalue weighted by molar-refractivity contribution is 5.28. The first-order valence-corrected chi connectivity index (χ1v) is 8.36. The van der Waals surface area contributed by atoms with Crippen LogP contribution in [0.25, 0.3) is 0 Å². The maximum atomic E-state index is 3.65. The lowest BCUT2D eigenvalue weighted by atomic mass is 9.56. The van der Waals surface area contributed by atoms with Crippen molar-refractivity contribution in [2.45, 2.75) is 52.4 Å². The summed E-state index contributed by atoms with van der Waals surface area (Å²) in [6.45, 7) is 9.53. The molecule has 3 unspecified atom stereocenters. The van der Waals surface area contributed by atoms with E-state index >= 15 is 0 Å². The summed E-state index contributed by atoms with van der Waals surface area (Å²) in [5.41, 5.74) is 3.52. The van der Waals surface area contributed by atoms with Gasteiger partial charge in [-0.15, -0.1) is 0 Å². The van der Waals surface area contributed by atoms with Gasteiger partial charge in [0, 0.05) is 12.5 Å². The smallest absolute Gasteiger partial charge is 0.00255 e. The molecule has 1 nitrogen and oxygen atoms in total. The maximum absolute atomic E-state index is 3.65. The van der Waals surface area contributed by atoms with E-state index in [1.54, 1.807) is 5.56 Å². The molecule has 1 heterocycles. The third-order valence-electron chi connectivity index (χ3n) is 5.65. The molecular formula is C19H29N. The van der Waals surface area contributed by atoms with Gasteiger partial charge in [0.1, 0.15) is 0 Å². The molecule has 1 N–H and O–H groups in total. The quantitative estimate of drug-likeness (QED) is 0.792. The summed E-state index contributed by atoms with van der Waals surface area (Å²) in [6, 6.07) is 9.24. The number of piperidine rings is 1. The van der Waals surface area contributed by atoms with Crippen molar-refractivity contribution in [3.05, 3.63) is 35.4 Å². The summed E-state index contributed by atoms with van der Waals surface area (Å²) in [4.78, 5) is 0. The summed E-state index contributed by atoms with van der Waals surface area (Å²) < 4.78 is 0. The van der Waals surface area contributed by atoms with Gasteiger partial charge in [-0.3, -0.25) is 0 Å². The maximum Gasteiger partial charge on any atom is 0.00255 e. The Labute approximate surface area is 124 Å². The SMILES string of the molecule is Cc1cccc(C2CNCCC23CC(C)CC(C)C3)c1. The van der Waals surface area contributed by atoms with Gasteiger partial charge in [-0.05, 0) is 62.0 Å². The molecular weight excluding hydrogens is 242 g/mol. The summed E-state index contributed by atoms with van der Waals surface area (Å²) in [6.07, 6.45) is 5.64. The molecule has 2 fully saturated rings. The molecule has 1 aromatic carbocycles. The van der Waals surface area contributed by atoms with Gasteiger partial charge in [0.05, 0.1) is 0 Å². The average Bonchev–Trinajstić information content (AvgIpc) is 2.37. The highest BCUT2D eigenvalue weighted by Gasteiger charge is 2.45. The van der Waals surface area contributed by atoms with Crippen molar-refractivity contribution in [3.63, 3.8) is 0 Å². The second-order valence-electron chi connectivity index (χ2n) is 7.64. The molecule has 1 saturated carbocycles. The van der Waals surface area contributed by atoms with Gasteiger partial charge in [0.25, 0.3) is 0 Å². The lowest BCUT2D eigenvalue weighted by Crippen LogP contribution is -2.47. The van der Waals surface area contributed by atoms with Gasteiger partial charge in [0.15, 0.2) is 0 Å². The van der Waals surface area contributed by atoms with Crippen LogP contribution in [0.2, 0.25) is 0 Å². The zero-order valence-corrected chi connectivity index (χ0v) is 13.3. The summed E-state index contributed by atoms with van der Waals surface area (Å²) in [7, 11) is 0. The third-order valence-corrected chi connectivity index (χ3v) is 5.65. The molecule has 0 aromatic heterocycles. The first-order valence-electron chi connectivity index (χ1n) is 8.36. The Kier molecular flexibility index (Phi) is 3.90. The Bertz CT molecular complexity index is 455. The zero-order chi connectivity index (χ0) is 14.2. The Morgan fingerprint density at radius 2 is 1.90 bits per heavy atom. The fourth-order valence-electron chi connectivity index (χ4n) is 5.15. The van der Waals surface area contributed by atoms with Crippen molar-refractivity contribution >= 4 is 0 Å². The summed E-state index contributed by atoms with van der Waals surface area (Å²) >= 11 is 0. The fourth-order valence-corrected chi connectivity index (χ4v) is 5.15. The molecule has 0 bridgehead atoms. The van der Waals surface area contributed by atoms with Crippen molar-refractivity contribution in [1.29, 1.82) is 0 Å². The minimum Gasteiger partial charge on any atom is -0.316 e. The summed E-state index contributed by atoms with van der Waals surface area (Å²) in [5, 5.41) is 3.65. The Morgan fingerprint density at radius 1 is 1.15 bits per heavy atom. The van der Waals surface area contributed by atoms with Crippen molar-refractivity contribution in [2.24, 2.45) is 17.3 Å². The molecule has 3 rings (SSSR count). The second kappa shape index (κ2) is 5.52. The van der Waals surface area contributed by atoms with Crippen LogP contribution in [0.3, 0.4) is 0 Å². The van der Waals surface area contributed by atoms with Crippen LogP contribution in [0, 0.1) is 24.2 Å². The van der Waals surface area contributed by atoms with Crippen molar-refractivity contribution in [2.75, 3.05) is 13.1 Å². The van der Waals surface area contributed by atoms with Crippen LogP contribution < -0.4 is 5.32 Å². The highest BCUT2D eigenvalue weighted by Crippen LogP contribution is 2.53. The first kappa shape index (κ1) is 14.1. The number of nitrogens with one attached hydrogen (secondary N) is 1. The van der Waals surface area contributed by atoms with Crippen LogP contribution >= 0.6 is 0 Å². The number of benzene rings is 1. The number of hydrogen-bond acceptors (Lipinski definition) is 1. The Hall–Kier alpha value is -0.820. The van der Waals surface area contributed by atoms with Crippen molar-refractivity contribution in [3.8, 4) is 0 Å². The van der Waals surface area contributed by atoms with Gasteiger partial charge >= 0.3 is 0 Å². The monoisotopic (exact) mass is 271 g/mol. The van der Waals surface area contributed by atoms with E-state index in [0.29, 0.717) is 11.3 Å². The number of rotatable bonds is 1. The van der Waals surface area contributed by atoms with Crippen LogP contribution in [-0.4, -0.2) is 13.1 Å². The molecule has 1 spiro atoms. The van der Waals surface area contributed by atoms with E-state index in [9.17, 15) is 0 Å². The number of aryl methyl sites for hydroxylation is 1. The minimum absolute atomic E-state index is 0.552. The van der Waals surface area contributed by atoms with Gasteiger partial charge in [0.2, 0.25) is 0 Å². The lowest BCUT2D eigenvalue weighted by Gasteiger charge is -2.51. The number of hydrogen-bond donors (Lipinski definition) is 1. The van der Waals surface area contributed by atoms with Crippen molar-refractivity contribution < 1.29 is 0 Å². The molecule has 0 amide bonds. The van der Waals surface area contributed by atoms with Crippen LogP contribution in [0.4, 0.5) is 0 Å². The van der Waals surface area contributed by atoms with Crippen LogP contribution in [-0.2, 0) is 0 Å².